The molecule has 2 rings (SSSR count). The summed E-state index contributed by atoms with van der Waals surface area (Å²) in [6, 6.07) is 13.7. The molecule has 0 unspecified atom stereocenters. The predicted octanol–water partition coefficient (Wildman–Crippen LogP) is 4.31. The third-order valence-corrected chi connectivity index (χ3v) is 4.41. The van der Waals surface area contributed by atoms with Gasteiger partial charge in [0.1, 0.15) is 5.75 Å². The Hall–Kier alpha value is -2.93. The van der Waals surface area contributed by atoms with E-state index in [-0.39, 0.29) is 23.4 Å². The maximum absolute atomic E-state index is 12.7. The first-order valence-electron chi connectivity index (χ1n) is 9.26. The van der Waals surface area contributed by atoms with Crippen LogP contribution < -0.4 is 15.4 Å². The van der Waals surface area contributed by atoms with E-state index in [1.54, 1.807) is 6.92 Å². The van der Waals surface area contributed by atoms with Gasteiger partial charge in [0.25, 0.3) is 5.69 Å². The van der Waals surface area contributed by atoms with Crippen LogP contribution in [0, 0.1) is 16.0 Å². The van der Waals surface area contributed by atoms with Crippen LogP contribution >= 0.6 is 0 Å². The number of ether oxygens (including phenoxy) is 1. The molecule has 0 bridgehead atoms. The van der Waals surface area contributed by atoms with Gasteiger partial charge in [-0.25, -0.2) is 0 Å². The summed E-state index contributed by atoms with van der Waals surface area (Å²) in [6.45, 7) is 6.08. The summed E-state index contributed by atoms with van der Waals surface area (Å²) in [4.78, 5) is 23.1. The highest BCUT2D eigenvalue weighted by Gasteiger charge is 2.21. The highest BCUT2D eigenvalue weighted by molar-refractivity contribution is 5.96. The van der Waals surface area contributed by atoms with Crippen molar-refractivity contribution in [1.82, 2.24) is 5.32 Å². The van der Waals surface area contributed by atoms with Crippen molar-refractivity contribution in [3.05, 3.63) is 64.2 Å². The van der Waals surface area contributed by atoms with E-state index < -0.39 is 11.0 Å². The highest BCUT2D eigenvalue weighted by atomic mass is 16.6. The summed E-state index contributed by atoms with van der Waals surface area (Å²) >= 11 is 0. The lowest BCUT2D eigenvalue weighted by Gasteiger charge is -2.25. The lowest BCUT2D eigenvalue weighted by atomic mass is 9.96. The number of hydrogen-bond acceptors (Lipinski definition) is 5. The molecule has 0 heterocycles. The van der Waals surface area contributed by atoms with Crippen molar-refractivity contribution in [2.24, 2.45) is 5.92 Å². The summed E-state index contributed by atoms with van der Waals surface area (Å²) in [5.74, 6) is 0.469. The molecule has 2 aromatic carbocycles. The Morgan fingerprint density at radius 2 is 1.82 bits per heavy atom. The summed E-state index contributed by atoms with van der Waals surface area (Å²) in [6.07, 6.45) is 0.891. The van der Waals surface area contributed by atoms with Gasteiger partial charge in [-0.15, -0.1) is 0 Å². The van der Waals surface area contributed by atoms with E-state index in [4.69, 9.17) is 4.74 Å². The molecule has 1 amide bonds. The van der Waals surface area contributed by atoms with Crippen LogP contribution in [0.5, 0.6) is 5.75 Å². The monoisotopic (exact) mass is 385 g/mol. The van der Waals surface area contributed by atoms with Crippen LogP contribution in [-0.2, 0) is 4.79 Å². The summed E-state index contributed by atoms with van der Waals surface area (Å²) in [5, 5.41) is 17.1. The molecular weight excluding hydrogens is 358 g/mol. The predicted molar refractivity (Wildman–Crippen MR) is 110 cm³/mol. The Balaban J connectivity index is 2.11. The molecule has 2 N–H and O–H groups in total. The van der Waals surface area contributed by atoms with Crippen molar-refractivity contribution in [2.75, 3.05) is 12.4 Å². The lowest BCUT2D eigenvalue weighted by Crippen LogP contribution is -2.40. The van der Waals surface area contributed by atoms with Crippen LogP contribution in [0.2, 0.25) is 0 Å². The fraction of sp³-hybridized carbons (Fsp3) is 0.381. The number of benzene rings is 2. The molecule has 0 spiro atoms. The maximum atomic E-state index is 12.7. The number of rotatable bonds is 9. The number of anilines is 1. The number of carbonyl (C=O) groups is 1. The van der Waals surface area contributed by atoms with Crippen LogP contribution in [0.4, 0.5) is 11.4 Å². The Kier molecular flexibility index (Phi) is 7.52. The molecular formula is C21H27N3O4. The molecule has 0 radical (unpaired) electrons. The largest absolute Gasteiger partial charge is 0.494 e. The number of methoxy groups -OCH3 is 1. The van der Waals surface area contributed by atoms with Crippen molar-refractivity contribution in [3.63, 3.8) is 0 Å². The van der Waals surface area contributed by atoms with Gasteiger partial charge in [0.05, 0.1) is 29.8 Å². The molecule has 2 aromatic rings. The third kappa shape index (κ3) is 5.79. The van der Waals surface area contributed by atoms with Crippen LogP contribution in [0.15, 0.2) is 48.5 Å². The molecule has 7 nitrogen and oxygen atoms in total. The van der Waals surface area contributed by atoms with E-state index in [1.807, 2.05) is 30.3 Å². The zero-order valence-corrected chi connectivity index (χ0v) is 16.6. The smallest absolute Gasteiger partial charge is 0.273 e. The topological polar surface area (TPSA) is 93.5 Å². The van der Waals surface area contributed by atoms with Gasteiger partial charge >= 0.3 is 0 Å². The van der Waals surface area contributed by atoms with Crippen LogP contribution in [0.1, 0.15) is 38.8 Å². The number of nitro groups is 1. The van der Waals surface area contributed by atoms with E-state index in [0.717, 1.165) is 12.0 Å². The molecule has 0 aliphatic carbocycles. The minimum atomic E-state index is -0.505. The molecule has 2 atom stereocenters. The first-order valence-corrected chi connectivity index (χ1v) is 9.26. The molecule has 150 valence electrons. The second kappa shape index (κ2) is 9.85. The van der Waals surface area contributed by atoms with Crippen molar-refractivity contribution in [1.29, 1.82) is 0 Å². The van der Waals surface area contributed by atoms with Gasteiger partial charge in [-0.1, -0.05) is 44.2 Å². The van der Waals surface area contributed by atoms with Crippen molar-refractivity contribution >= 4 is 17.3 Å². The molecule has 28 heavy (non-hydrogen) atoms. The fourth-order valence-electron chi connectivity index (χ4n) is 2.97. The Labute approximate surface area is 165 Å². The number of non-ortho nitro benzene ring substituents is 1. The Morgan fingerprint density at radius 1 is 1.14 bits per heavy atom. The molecule has 0 saturated carbocycles. The number of carbonyl (C=O) groups excluding carboxylic acids is 1. The standard InChI is InChI=1S/C21H27N3O4/c1-14(2)12-19(16-8-6-5-7-9-16)22-15(3)21(25)23-18-11-10-17(24(26)27)13-20(18)28-4/h5-11,13-15,19,22H,12H2,1-4H3,(H,23,25)/t15-,19-/m0/s1. The van der Waals surface area contributed by atoms with E-state index in [1.165, 1.54) is 25.3 Å². The molecule has 7 heteroatoms. The zero-order valence-electron chi connectivity index (χ0n) is 16.6. The van der Waals surface area contributed by atoms with E-state index in [0.29, 0.717) is 11.6 Å². The maximum Gasteiger partial charge on any atom is 0.273 e. The second-order valence-corrected chi connectivity index (χ2v) is 7.11. The van der Waals surface area contributed by atoms with Gasteiger partial charge in [-0.2, -0.15) is 0 Å². The SMILES string of the molecule is COc1cc([N+](=O)[O-])ccc1NC(=O)[C@H](C)N[C@@H](CC(C)C)c1ccccc1. The first-order chi connectivity index (χ1) is 13.3. The highest BCUT2D eigenvalue weighted by Crippen LogP contribution is 2.29. The minimum absolute atomic E-state index is 0.0423. The number of nitrogens with one attached hydrogen (secondary N) is 2. The van der Waals surface area contributed by atoms with Gasteiger partial charge in [-0.3, -0.25) is 20.2 Å². The first kappa shape index (κ1) is 21.4. The van der Waals surface area contributed by atoms with Crippen LogP contribution in [0.25, 0.3) is 0 Å². The van der Waals surface area contributed by atoms with E-state index >= 15 is 0 Å². The van der Waals surface area contributed by atoms with Crippen molar-refractivity contribution in [3.8, 4) is 5.75 Å². The van der Waals surface area contributed by atoms with Gasteiger partial charge in [-0.05, 0) is 30.9 Å². The van der Waals surface area contributed by atoms with Gasteiger partial charge in [0, 0.05) is 12.1 Å². The van der Waals surface area contributed by atoms with Crippen LogP contribution in [0.3, 0.4) is 0 Å². The summed E-state index contributed by atoms with van der Waals surface area (Å²) in [7, 11) is 1.41. The minimum Gasteiger partial charge on any atom is -0.494 e. The molecule has 0 aromatic heterocycles. The average Bonchev–Trinajstić information content (AvgIpc) is 2.67. The Morgan fingerprint density at radius 3 is 2.39 bits per heavy atom. The molecule has 0 fully saturated rings. The number of nitrogens with zero attached hydrogens (tertiary/aromatic N) is 1. The number of amides is 1. The van der Waals surface area contributed by atoms with E-state index in [9.17, 15) is 14.9 Å². The van der Waals surface area contributed by atoms with Gasteiger partial charge in [0.2, 0.25) is 5.91 Å². The molecule has 0 aliphatic heterocycles. The second-order valence-electron chi connectivity index (χ2n) is 7.11. The fourth-order valence-corrected chi connectivity index (χ4v) is 2.97. The molecule has 0 aliphatic rings. The number of hydrogen-bond donors (Lipinski definition) is 2. The van der Waals surface area contributed by atoms with Crippen molar-refractivity contribution < 1.29 is 14.5 Å². The average molecular weight is 385 g/mol. The van der Waals surface area contributed by atoms with Gasteiger partial charge < -0.3 is 10.1 Å². The summed E-state index contributed by atoms with van der Waals surface area (Å²) in [5.41, 5.74) is 1.43. The number of nitro benzene ring substituents is 1. The normalized spacial score (nSPS) is 13.0. The van der Waals surface area contributed by atoms with Crippen LogP contribution in [-0.4, -0.2) is 24.0 Å². The van der Waals surface area contributed by atoms with Crippen molar-refractivity contribution in [2.45, 2.75) is 39.3 Å². The van der Waals surface area contributed by atoms with E-state index in [2.05, 4.69) is 24.5 Å². The summed E-state index contributed by atoms with van der Waals surface area (Å²) < 4.78 is 5.18. The quantitative estimate of drug-likeness (QED) is 0.496. The molecule has 0 saturated heterocycles. The van der Waals surface area contributed by atoms with Gasteiger partial charge in [0.15, 0.2) is 0 Å². The zero-order chi connectivity index (χ0) is 20.7. The third-order valence-electron chi connectivity index (χ3n) is 4.41. The lowest BCUT2D eigenvalue weighted by molar-refractivity contribution is -0.384. The Bertz CT molecular complexity index is 809.